The van der Waals surface area contributed by atoms with Crippen molar-refractivity contribution in [1.29, 1.82) is 0 Å². The maximum Gasteiger partial charge on any atom is 0.251 e. The minimum absolute atomic E-state index is 0.0747. The smallest absolute Gasteiger partial charge is 0.251 e. The van der Waals surface area contributed by atoms with E-state index in [0.717, 1.165) is 46.9 Å². The molecule has 0 spiro atoms. The van der Waals surface area contributed by atoms with Crippen molar-refractivity contribution in [1.82, 2.24) is 19.9 Å². The molecule has 10 heteroatoms. The number of hydrogen-bond acceptors (Lipinski definition) is 8. The topological polar surface area (TPSA) is 101 Å². The van der Waals surface area contributed by atoms with Crippen LogP contribution < -0.4 is 10.2 Å². The number of aromatic nitrogens is 3. The lowest BCUT2D eigenvalue weighted by Gasteiger charge is -2.32. The number of morpholine rings is 1. The lowest BCUT2D eigenvalue weighted by molar-refractivity contribution is -0.137. The maximum absolute atomic E-state index is 14.2. The van der Waals surface area contributed by atoms with Gasteiger partial charge in [-0.05, 0) is 72.9 Å². The van der Waals surface area contributed by atoms with Crippen LogP contribution in [0.5, 0.6) is 0 Å². The number of anilines is 2. The molecule has 45 heavy (non-hydrogen) atoms. The molecule has 2 aromatic carbocycles. The van der Waals surface area contributed by atoms with Gasteiger partial charge in [-0.2, -0.15) is 0 Å². The summed E-state index contributed by atoms with van der Waals surface area (Å²) >= 11 is 1.27. The molecule has 2 aromatic heterocycles. The van der Waals surface area contributed by atoms with Crippen LogP contribution in [0.1, 0.15) is 53.9 Å². The molecule has 0 bridgehead atoms. The molecule has 0 saturated carbocycles. The van der Waals surface area contributed by atoms with Gasteiger partial charge in [0.2, 0.25) is 5.91 Å². The van der Waals surface area contributed by atoms with Crippen LogP contribution in [-0.2, 0) is 20.9 Å². The highest BCUT2D eigenvalue weighted by Crippen LogP contribution is 2.29. The van der Waals surface area contributed by atoms with Gasteiger partial charge in [-0.3, -0.25) is 14.6 Å². The summed E-state index contributed by atoms with van der Waals surface area (Å²) in [7, 11) is 0. The summed E-state index contributed by atoms with van der Waals surface area (Å²) in [5.41, 5.74) is 6.13. The first kappa shape index (κ1) is 32.1. The molecule has 1 saturated heterocycles. The number of nitrogens with zero attached hydrogens (tertiary/aromatic N) is 5. The lowest BCUT2D eigenvalue weighted by Crippen LogP contribution is -2.42. The fraction of sp³-hybridized carbons (Fsp3) is 0.343. The average Bonchev–Trinajstić information content (AvgIpc) is 3.04. The van der Waals surface area contributed by atoms with Crippen molar-refractivity contribution in [3.05, 3.63) is 107 Å². The van der Waals surface area contributed by atoms with Crippen LogP contribution in [0.15, 0.2) is 84.3 Å². The molecule has 1 fully saturated rings. The molecule has 1 aliphatic rings. The van der Waals surface area contributed by atoms with Crippen LogP contribution >= 0.6 is 11.8 Å². The number of carbonyl (C=O) groups is 2. The number of ether oxygens (including phenoxy) is 1. The highest BCUT2D eigenvalue weighted by molar-refractivity contribution is 7.99. The Morgan fingerprint density at radius 2 is 1.62 bits per heavy atom. The first-order chi connectivity index (χ1) is 21.8. The monoisotopic (exact) mass is 624 g/mol. The number of rotatable bonds is 11. The highest BCUT2D eigenvalue weighted by Gasteiger charge is 2.32. The standard InChI is InChI=1S/C35H40N6O3S/c1-24(2)28-7-9-29(10-8-28)33(34(43)39-30-11-13-31(14-12-30)40-16-18-44-19-17-40)41(22-27-6-5-15-36-21-27)32(42)23-45-35-37-25(3)20-26(4)38-35/h5-15,20-21,24,33H,16-19,22-23H2,1-4H3,(H,39,43). The van der Waals surface area contributed by atoms with E-state index in [1.54, 1.807) is 17.3 Å². The van der Waals surface area contributed by atoms with Crippen LogP contribution in [0.3, 0.4) is 0 Å². The van der Waals surface area contributed by atoms with E-state index in [1.807, 2.05) is 80.6 Å². The average molecular weight is 625 g/mol. The minimum Gasteiger partial charge on any atom is -0.378 e. The second kappa shape index (κ2) is 15.1. The number of pyridine rings is 1. The van der Waals surface area contributed by atoms with Crippen molar-refractivity contribution in [2.45, 2.75) is 51.4 Å². The Morgan fingerprint density at radius 1 is 0.956 bits per heavy atom. The summed E-state index contributed by atoms with van der Waals surface area (Å²) in [6.07, 6.45) is 3.42. The first-order valence-corrected chi connectivity index (χ1v) is 16.2. The van der Waals surface area contributed by atoms with E-state index in [9.17, 15) is 9.59 Å². The number of benzene rings is 2. The molecule has 2 amide bonds. The van der Waals surface area contributed by atoms with Gasteiger partial charge in [0.05, 0.1) is 19.0 Å². The Morgan fingerprint density at radius 3 is 2.24 bits per heavy atom. The molecular formula is C35H40N6O3S. The molecule has 9 nitrogen and oxygen atoms in total. The highest BCUT2D eigenvalue weighted by atomic mass is 32.2. The molecule has 0 radical (unpaired) electrons. The fourth-order valence-corrected chi connectivity index (χ4v) is 6.14. The Hall–Kier alpha value is -4.28. The lowest BCUT2D eigenvalue weighted by atomic mass is 9.97. The Kier molecular flexibility index (Phi) is 10.8. The van der Waals surface area contributed by atoms with Crippen LogP contribution in [0.4, 0.5) is 11.4 Å². The van der Waals surface area contributed by atoms with Crippen molar-refractivity contribution in [2.24, 2.45) is 0 Å². The summed E-state index contributed by atoms with van der Waals surface area (Å²) in [4.78, 5) is 45.5. The van der Waals surface area contributed by atoms with E-state index < -0.39 is 6.04 Å². The van der Waals surface area contributed by atoms with Crippen LogP contribution in [0, 0.1) is 13.8 Å². The fourth-order valence-electron chi connectivity index (χ4n) is 5.30. The van der Waals surface area contributed by atoms with E-state index in [0.29, 0.717) is 30.0 Å². The second-order valence-electron chi connectivity index (χ2n) is 11.5. The van der Waals surface area contributed by atoms with Gasteiger partial charge >= 0.3 is 0 Å². The summed E-state index contributed by atoms with van der Waals surface area (Å²) < 4.78 is 5.48. The zero-order chi connectivity index (χ0) is 31.8. The van der Waals surface area contributed by atoms with E-state index in [-0.39, 0.29) is 24.1 Å². The number of carbonyl (C=O) groups excluding carboxylic acids is 2. The van der Waals surface area contributed by atoms with Gasteiger partial charge in [0.1, 0.15) is 6.04 Å². The van der Waals surface area contributed by atoms with Gasteiger partial charge in [0.25, 0.3) is 5.91 Å². The minimum atomic E-state index is -0.890. The van der Waals surface area contributed by atoms with Crippen molar-refractivity contribution < 1.29 is 14.3 Å². The third kappa shape index (κ3) is 8.67. The zero-order valence-corrected chi connectivity index (χ0v) is 27.1. The third-order valence-corrected chi connectivity index (χ3v) is 8.50. The molecule has 234 valence electrons. The van der Waals surface area contributed by atoms with Gasteiger partial charge in [-0.25, -0.2) is 9.97 Å². The maximum atomic E-state index is 14.2. The quantitative estimate of drug-likeness (QED) is 0.162. The van der Waals surface area contributed by atoms with E-state index in [2.05, 4.69) is 39.0 Å². The number of amides is 2. The molecule has 4 aromatic rings. The second-order valence-corrected chi connectivity index (χ2v) is 12.4. The van der Waals surface area contributed by atoms with Crippen molar-refractivity contribution in [3.63, 3.8) is 0 Å². The normalized spacial score (nSPS) is 13.8. The number of hydrogen-bond donors (Lipinski definition) is 1. The van der Waals surface area contributed by atoms with Crippen molar-refractivity contribution in [3.8, 4) is 0 Å². The Labute approximate surface area is 269 Å². The molecule has 1 atom stereocenters. The first-order valence-electron chi connectivity index (χ1n) is 15.2. The largest absolute Gasteiger partial charge is 0.378 e. The number of nitrogens with one attached hydrogen (secondary N) is 1. The summed E-state index contributed by atoms with van der Waals surface area (Å²) in [5.74, 6) is -0.0945. The van der Waals surface area contributed by atoms with Gasteiger partial charge < -0.3 is 19.9 Å². The third-order valence-electron chi connectivity index (χ3n) is 7.67. The SMILES string of the molecule is Cc1cc(C)nc(SCC(=O)N(Cc2cccnc2)C(C(=O)Nc2ccc(N3CCOCC3)cc2)c2ccc(C(C)C)cc2)n1. The summed E-state index contributed by atoms with van der Waals surface area (Å²) in [6.45, 7) is 11.3. The number of aryl methyl sites for hydroxylation is 2. The Balaban J connectivity index is 1.45. The van der Waals surface area contributed by atoms with Gasteiger partial charge in [-0.1, -0.05) is 55.9 Å². The van der Waals surface area contributed by atoms with E-state index in [4.69, 9.17) is 4.74 Å². The van der Waals surface area contributed by atoms with Crippen LogP contribution in [-0.4, -0.2) is 63.7 Å². The molecule has 1 aliphatic heterocycles. The summed E-state index contributed by atoms with van der Waals surface area (Å²) in [5, 5.41) is 3.63. The summed E-state index contributed by atoms with van der Waals surface area (Å²) in [6, 6.07) is 20.5. The number of thioether (sulfide) groups is 1. The van der Waals surface area contributed by atoms with E-state index in [1.165, 1.54) is 11.8 Å². The van der Waals surface area contributed by atoms with Gasteiger partial charge in [-0.15, -0.1) is 0 Å². The van der Waals surface area contributed by atoms with E-state index >= 15 is 0 Å². The molecule has 1 unspecified atom stereocenters. The predicted octanol–water partition coefficient (Wildman–Crippen LogP) is 5.95. The van der Waals surface area contributed by atoms with Gasteiger partial charge in [0, 0.05) is 54.8 Å². The van der Waals surface area contributed by atoms with Crippen molar-refractivity contribution in [2.75, 3.05) is 42.3 Å². The molecule has 1 N–H and O–H groups in total. The molecule has 3 heterocycles. The molecule has 5 rings (SSSR count). The predicted molar refractivity (Wildman–Crippen MR) is 178 cm³/mol. The molecular weight excluding hydrogens is 584 g/mol. The Bertz CT molecular complexity index is 1560. The van der Waals surface area contributed by atoms with Gasteiger partial charge in [0.15, 0.2) is 5.16 Å². The van der Waals surface area contributed by atoms with Crippen molar-refractivity contribution >= 4 is 35.0 Å². The zero-order valence-electron chi connectivity index (χ0n) is 26.3. The molecule has 0 aliphatic carbocycles. The van der Waals surface area contributed by atoms with Crippen LogP contribution in [0.25, 0.3) is 0 Å². The van der Waals surface area contributed by atoms with Crippen LogP contribution in [0.2, 0.25) is 0 Å².